The molecule has 2 rings (SSSR count). The third-order valence-corrected chi connectivity index (χ3v) is 2.17. The van der Waals surface area contributed by atoms with Crippen LogP contribution in [0.25, 0.3) is 0 Å². The van der Waals surface area contributed by atoms with Gasteiger partial charge in [0.15, 0.2) is 5.82 Å². The van der Waals surface area contributed by atoms with Crippen LogP contribution in [0.2, 0.25) is 0 Å². The van der Waals surface area contributed by atoms with Crippen LogP contribution in [-0.2, 0) is 6.54 Å². The van der Waals surface area contributed by atoms with Crippen molar-refractivity contribution in [1.29, 1.82) is 0 Å². The molecule has 1 heterocycles. The molecular weight excluding hydrogens is 211 g/mol. The first-order valence-corrected chi connectivity index (χ1v) is 4.74. The molecule has 0 bridgehead atoms. The molecule has 0 fully saturated rings. The second-order valence-corrected chi connectivity index (χ2v) is 3.28. The van der Waals surface area contributed by atoms with E-state index < -0.39 is 6.04 Å². The predicted molar refractivity (Wildman–Crippen MR) is 54.6 cm³/mol. The topological polar surface area (TPSA) is 91.0 Å². The Morgan fingerprint density at radius 2 is 2.00 bits per heavy atom. The van der Waals surface area contributed by atoms with Gasteiger partial charge >= 0.3 is 0 Å². The van der Waals surface area contributed by atoms with Gasteiger partial charge in [0.05, 0.1) is 12.6 Å². The fraction of sp³-hybridized carbons (Fsp3) is 0.200. The standard InChI is InChI=1S/C10H11FN4O/c11-7-3-1-6(2-4-7)9(13)10-14-8(5-12)16-15-10/h1-4,9H,5,12-13H2. The number of hydrogen-bond donors (Lipinski definition) is 2. The second-order valence-electron chi connectivity index (χ2n) is 3.28. The quantitative estimate of drug-likeness (QED) is 0.798. The summed E-state index contributed by atoms with van der Waals surface area (Å²) < 4.78 is 17.5. The summed E-state index contributed by atoms with van der Waals surface area (Å²) in [6.45, 7) is 0.170. The van der Waals surface area contributed by atoms with Crippen LogP contribution >= 0.6 is 0 Å². The van der Waals surface area contributed by atoms with E-state index in [1.807, 2.05) is 0 Å². The molecule has 4 N–H and O–H groups in total. The molecule has 1 atom stereocenters. The van der Waals surface area contributed by atoms with Gasteiger partial charge in [0.1, 0.15) is 5.82 Å². The summed E-state index contributed by atoms with van der Waals surface area (Å²) in [4.78, 5) is 4.01. The van der Waals surface area contributed by atoms with Gasteiger partial charge in [-0.1, -0.05) is 17.3 Å². The molecule has 16 heavy (non-hydrogen) atoms. The van der Waals surface area contributed by atoms with Crippen molar-refractivity contribution in [3.05, 3.63) is 47.4 Å². The Labute approximate surface area is 91.2 Å². The molecule has 0 aliphatic heterocycles. The van der Waals surface area contributed by atoms with Crippen LogP contribution in [0.4, 0.5) is 4.39 Å². The fourth-order valence-corrected chi connectivity index (χ4v) is 1.30. The van der Waals surface area contributed by atoms with Crippen molar-refractivity contribution in [2.24, 2.45) is 11.5 Å². The normalized spacial score (nSPS) is 12.7. The minimum absolute atomic E-state index is 0.170. The Morgan fingerprint density at radius 1 is 1.31 bits per heavy atom. The van der Waals surface area contributed by atoms with Crippen LogP contribution < -0.4 is 11.5 Å². The van der Waals surface area contributed by atoms with Gasteiger partial charge in [-0.05, 0) is 17.7 Å². The number of rotatable bonds is 3. The van der Waals surface area contributed by atoms with Gasteiger partial charge in [0.2, 0.25) is 5.89 Å². The molecule has 0 amide bonds. The summed E-state index contributed by atoms with van der Waals surface area (Å²) in [7, 11) is 0. The first-order chi connectivity index (χ1) is 7.70. The van der Waals surface area contributed by atoms with Gasteiger partial charge < -0.3 is 16.0 Å². The molecular formula is C10H11FN4O. The molecule has 1 unspecified atom stereocenters. The molecule has 0 saturated heterocycles. The van der Waals surface area contributed by atoms with Crippen molar-refractivity contribution in [2.75, 3.05) is 0 Å². The number of nitrogens with zero attached hydrogens (tertiary/aromatic N) is 2. The van der Waals surface area contributed by atoms with Crippen LogP contribution in [0.1, 0.15) is 23.3 Å². The van der Waals surface area contributed by atoms with Crippen LogP contribution in [-0.4, -0.2) is 10.1 Å². The zero-order valence-electron chi connectivity index (χ0n) is 8.43. The van der Waals surface area contributed by atoms with E-state index in [1.165, 1.54) is 12.1 Å². The third-order valence-electron chi connectivity index (χ3n) is 2.17. The van der Waals surface area contributed by atoms with Gasteiger partial charge in [-0.25, -0.2) is 4.39 Å². The summed E-state index contributed by atoms with van der Waals surface area (Å²) >= 11 is 0. The minimum Gasteiger partial charge on any atom is -0.338 e. The summed E-state index contributed by atoms with van der Waals surface area (Å²) in [5.41, 5.74) is 11.9. The smallest absolute Gasteiger partial charge is 0.240 e. The molecule has 84 valence electrons. The van der Waals surface area contributed by atoms with Gasteiger partial charge in [-0.2, -0.15) is 4.98 Å². The van der Waals surface area contributed by atoms with E-state index >= 15 is 0 Å². The van der Waals surface area contributed by atoms with Crippen molar-refractivity contribution in [3.63, 3.8) is 0 Å². The van der Waals surface area contributed by atoms with E-state index in [0.717, 1.165) is 0 Å². The highest BCUT2D eigenvalue weighted by molar-refractivity contribution is 5.24. The Morgan fingerprint density at radius 3 is 2.56 bits per heavy atom. The van der Waals surface area contributed by atoms with Gasteiger partial charge in [-0.3, -0.25) is 0 Å². The third kappa shape index (κ3) is 2.07. The van der Waals surface area contributed by atoms with Crippen LogP contribution in [0.5, 0.6) is 0 Å². The van der Waals surface area contributed by atoms with E-state index in [9.17, 15) is 4.39 Å². The van der Waals surface area contributed by atoms with Crippen molar-refractivity contribution < 1.29 is 8.91 Å². The van der Waals surface area contributed by atoms with E-state index in [-0.39, 0.29) is 12.4 Å². The van der Waals surface area contributed by atoms with Crippen molar-refractivity contribution in [2.45, 2.75) is 12.6 Å². The highest BCUT2D eigenvalue weighted by atomic mass is 19.1. The number of aromatic nitrogens is 2. The molecule has 5 nitrogen and oxygen atoms in total. The lowest BCUT2D eigenvalue weighted by molar-refractivity contribution is 0.373. The maximum Gasteiger partial charge on any atom is 0.240 e. The Bertz CT molecular complexity index is 468. The summed E-state index contributed by atoms with van der Waals surface area (Å²) in [6, 6.07) is 5.29. The average molecular weight is 222 g/mol. The SMILES string of the molecule is NCc1nc(C(N)c2ccc(F)cc2)no1. The molecule has 0 radical (unpaired) electrons. The van der Waals surface area contributed by atoms with Crippen molar-refractivity contribution in [3.8, 4) is 0 Å². The van der Waals surface area contributed by atoms with E-state index in [4.69, 9.17) is 16.0 Å². The fourth-order valence-electron chi connectivity index (χ4n) is 1.30. The first-order valence-electron chi connectivity index (χ1n) is 4.74. The number of benzene rings is 1. The maximum atomic E-state index is 12.7. The Kier molecular flexibility index (Phi) is 2.93. The largest absolute Gasteiger partial charge is 0.338 e. The zero-order valence-corrected chi connectivity index (χ0v) is 8.43. The van der Waals surface area contributed by atoms with Crippen molar-refractivity contribution >= 4 is 0 Å². The maximum absolute atomic E-state index is 12.7. The van der Waals surface area contributed by atoms with E-state index in [0.29, 0.717) is 17.3 Å². The highest BCUT2D eigenvalue weighted by Crippen LogP contribution is 2.17. The number of nitrogens with two attached hydrogens (primary N) is 2. The Balaban J connectivity index is 2.24. The zero-order chi connectivity index (χ0) is 11.5. The molecule has 1 aromatic heterocycles. The van der Waals surface area contributed by atoms with Crippen molar-refractivity contribution in [1.82, 2.24) is 10.1 Å². The van der Waals surface area contributed by atoms with Gasteiger partial charge in [-0.15, -0.1) is 0 Å². The Hall–Kier alpha value is -1.79. The molecule has 1 aromatic carbocycles. The monoisotopic (exact) mass is 222 g/mol. The van der Waals surface area contributed by atoms with Crippen LogP contribution in [0.15, 0.2) is 28.8 Å². The molecule has 0 saturated carbocycles. The first kappa shape index (κ1) is 10.7. The minimum atomic E-state index is -0.537. The molecule has 0 aliphatic carbocycles. The number of hydrogen-bond acceptors (Lipinski definition) is 5. The summed E-state index contributed by atoms with van der Waals surface area (Å²) in [6.07, 6.45) is 0. The summed E-state index contributed by atoms with van der Waals surface area (Å²) in [5.74, 6) is 0.353. The van der Waals surface area contributed by atoms with Gasteiger partial charge in [0, 0.05) is 0 Å². The van der Waals surface area contributed by atoms with Crippen LogP contribution in [0.3, 0.4) is 0 Å². The van der Waals surface area contributed by atoms with E-state index in [1.54, 1.807) is 12.1 Å². The van der Waals surface area contributed by atoms with E-state index in [2.05, 4.69) is 10.1 Å². The molecule has 0 aliphatic rings. The lowest BCUT2D eigenvalue weighted by atomic mass is 10.1. The molecule has 2 aromatic rings. The van der Waals surface area contributed by atoms with Gasteiger partial charge in [0.25, 0.3) is 0 Å². The molecule has 0 spiro atoms. The predicted octanol–water partition coefficient (Wildman–Crippen LogP) is 0.715. The highest BCUT2D eigenvalue weighted by Gasteiger charge is 2.15. The molecule has 6 heteroatoms. The summed E-state index contributed by atoms with van der Waals surface area (Å²) in [5, 5.41) is 3.70. The van der Waals surface area contributed by atoms with Crippen LogP contribution in [0, 0.1) is 5.82 Å². The lowest BCUT2D eigenvalue weighted by Crippen LogP contribution is -2.13. The second kappa shape index (κ2) is 4.38. The lowest BCUT2D eigenvalue weighted by Gasteiger charge is -2.06. The number of halogens is 1. The average Bonchev–Trinajstić information content (AvgIpc) is 2.77.